The van der Waals surface area contributed by atoms with E-state index in [1.165, 1.54) is 0 Å². The van der Waals surface area contributed by atoms with Gasteiger partial charge in [-0.15, -0.1) is 0 Å². The van der Waals surface area contributed by atoms with Gasteiger partial charge in [0.25, 0.3) is 11.7 Å². The molecular weight excluding hydrogens is 532 g/mol. The SMILES string of the molecule is CCOc1cc([C@H]2/C(=C(\O)c3ccc4c(c3)C[C@@H](C)O4)C(=O)C(=O)N2CCCN(C)C)ccc1OCc1ccccc1. The van der Waals surface area contributed by atoms with Gasteiger partial charge in [0.1, 0.15) is 24.2 Å². The highest BCUT2D eigenvalue weighted by Crippen LogP contribution is 2.43. The number of Topliss-reactive ketones (excluding diaryl/α,β-unsaturated/α-hetero) is 1. The van der Waals surface area contributed by atoms with Gasteiger partial charge in [-0.3, -0.25) is 9.59 Å². The number of fused-ring (bicyclic) bond motifs is 1. The molecule has 2 aliphatic rings. The van der Waals surface area contributed by atoms with Crippen LogP contribution in [0.15, 0.2) is 72.3 Å². The predicted molar refractivity (Wildman–Crippen MR) is 161 cm³/mol. The molecule has 42 heavy (non-hydrogen) atoms. The summed E-state index contributed by atoms with van der Waals surface area (Å²) in [7, 11) is 3.93. The average Bonchev–Trinajstić information content (AvgIpc) is 3.47. The van der Waals surface area contributed by atoms with E-state index in [0.29, 0.717) is 55.2 Å². The molecule has 0 aromatic heterocycles. The van der Waals surface area contributed by atoms with Crippen LogP contribution in [0.4, 0.5) is 0 Å². The lowest BCUT2D eigenvalue weighted by molar-refractivity contribution is -0.139. The van der Waals surface area contributed by atoms with Gasteiger partial charge in [-0.2, -0.15) is 0 Å². The summed E-state index contributed by atoms with van der Waals surface area (Å²) in [6, 6.07) is 19.9. The number of nitrogens with zero attached hydrogens (tertiary/aromatic N) is 2. The van der Waals surface area contributed by atoms with Gasteiger partial charge in [-0.05, 0) is 87.9 Å². The number of carbonyl (C=O) groups excluding carboxylic acids is 2. The van der Waals surface area contributed by atoms with Gasteiger partial charge in [0.2, 0.25) is 0 Å². The normalized spacial score (nSPS) is 19.2. The molecule has 1 amide bonds. The Morgan fingerprint density at radius 3 is 2.55 bits per heavy atom. The van der Waals surface area contributed by atoms with E-state index in [1.807, 2.05) is 87.4 Å². The van der Waals surface area contributed by atoms with Crippen LogP contribution in [0.5, 0.6) is 17.2 Å². The molecular formula is C34H38N2O6. The van der Waals surface area contributed by atoms with Crippen LogP contribution >= 0.6 is 0 Å². The van der Waals surface area contributed by atoms with E-state index in [0.717, 1.165) is 23.4 Å². The molecule has 1 fully saturated rings. The maximum atomic E-state index is 13.5. The van der Waals surface area contributed by atoms with Crippen molar-refractivity contribution in [3.05, 3.63) is 94.6 Å². The fraction of sp³-hybridized carbons (Fsp3) is 0.353. The summed E-state index contributed by atoms with van der Waals surface area (Å²) < 4.78 is 17.9. The minimum absolute atomic E-state index is 0.0410. The highest BCUT2D eigenvalue weighted by Gasteiger charge is 2.46. The third kappa shape index (κ3) is 6.14. The first-order valence-corrected chi connectivity index (χ1v) is 14.4. The first-order valence-electron chi connectivity index (χ1n) is 14.4. The van der Waals surface area contributed by atoms with Crippen LogP contribution in [-0.4, -0.2) is 66.5 Å². The molecule has 0 aliphatic carbocycles. The monoisotopic (exact) mass is 570 g/mol. The first kappa shape index (κ1) is 29.2. The smallest absolute Gasteiger partial charge is 0.295 e. The lowest BCUT2D eigenvalue weighted by Crippen LogP contribution is -2.32. The van der Waals surface area contributed by atoms with Crippen LogP contribution in [-0.2, 0) is 22.6 Å². The Morgan fingerprint density at radius 2 is 1.81 bits per heavy atom. The van der Waals surface area contributed by atoms with Gasteiger partial charge in [0.05, 0.1) is 18.2 Å². The zero-order valence-electron chi connectivity index (χ0n) is 24.6. The largest absolute Gasteiger partial charge is 0.507 e. The fourth-order valence-electron chi connectivity index (χ4n) is 5.56. The summed E-state index contributed by atoms with van der Waals surface area (Å²) in [6.45, 7) is 5.75. The van der Waals surface area contributed by atoms with Crippen molar-refractivity contribution in [1.82, 2.24) is 9.80 Å². The molecule has 0 bridgehead atoms. The molecule has 1 saturated heterocycles. The number of ketones is 1. The number of carbonyl (C=O) groups is 2. The van der Waals surface area contributed by atoms with Crippen molar-refractivity contribution in [3.8, 4) is 17.2 Å². The highest BCUT2D eigenvalue weighted by atomic mass is 16.5. The van der Waals surface area contributed by atoms with E-state index in [9.17, 15) is 14.7 Å². The van der Waals surface area contributed by atoms with Gasteiger partial charge in [0.15, 0.2) is 11.5 Å². The topological polar surface area (TPSA) is 88.5 Å². The van der Waals surface area contributed by atoms with E-state index in [1.54, 1.807) is 17.0 Å². The number of aliphatic hydroxyl groups is 1. The molecule has 0 unspecified atom stereocenters. The third-order valence-corrected chi connectivity index (χ3v) is 7.53. The number of hydrogen-bond donors (Lipinski definition) is 1. The standard InChI is InChI=1S/C34H38N2O6/c1-5-40-29-20-24(12-15-28(29)41-21-23-10-7-6-8-11-23)31-30(33(38)34(39)36(31)17-9-16-35(3)4)32(37)25-13-14-27-26(19-25)18-22(2)42-27/h6-8,10-15,19-20,22,31,37H,5,9,16-18,21H2,1-4H3/b32-30+/t22-,31+/m1/s1. The Hall–Kier alpha value is -4.30. The molecule has 8 nitrogen and oxygen atoms in total. The van der Waals surface area contributed by atoms with Crippen molar-refractivity contribution >= 4 is 17.4 Å². The summed E-state index contributed by atoms with van der Waals surface area (Å²) in [6.07, 6.45) is 1.42. The number of ether oxygens (including phenoxy) is 3. The van der Waals surface area contributed by atoms with E-state index < -0.39 is 17.7 Å². The molecule has 2 atom stereocenters. The Kier molecular flexibility index (Phi) is 8.83. The molecule has 0 radical (unpaired) electrons. The maximum absolute atomic E-state index is 13.5. The second-order valence-electron chi connectivity index (χ2n) is 11.0. The van der Waals surface area contributed by atoms with Crippen LogP contribution < -0.4 is 14.2 Å². The van der Waals surface area contributed by atoms with Gasteiger partial charge < -0.3 is 29.1 Å². The minimum Gasteiger partial charge on any atom is -0.507 e. The Morgan fingerprint density at radius 1 is 1.02 bits per heavy atom. The second kappa shape index (κ2) is 12.7. The third-order valence-electron chi connectivity index (χ3n) is 7.53. The van der Waals surface area contributed by atoms with Crippen molar-refractivity contribution in [2.24, 2.45) is 0 Å². The summed E-state index contributed by atoms with van der Waals surface area (Å²) in [4.78, 5) is 30.5. The predicted octanol–water partition coefficient (Wildman–Crippen LogP) is 5.36. The van der Waals surface area contributed by atoms with Gasteiger partial charge in [0, 0.05) is 18.5 Å². The molecule has 3 aromatic carbocycles. The molecule has 1 N–H and O–H groups in total. The number of rotatable bonds is 11. The summed E-state index contributed by atoms with van der Waals surface area (Å²) in [5.41, 5.74) is 3.19. The molecule has 220 valence electrons. The van der Waals surface area contributed by atoms with Crippen LogP contribution in [0.1, 0.15) is 48.6 Å². The number of aliphatic hydroxyl groups excluding tert-OH is 1. The lowest BCUT2D eigenvalue weighted by atomic mass is 9.94. The zero-order valence-corrected chi connectivity index (χ0v) is 24.6. The molecule has 0 spiro atoms. The Labute approximate surface area is 247 Å². The number of hydrogen-bond acceptors (Lipinski definition) is 7. The van der Waals surface area contributed by atoms with Crippen LogP contribution in [0.2, 0.25) is 0 Å². The maximum Gasteiger partial charge on any atom is 0.295 e. The number of amides is 1. The average molecular weight is 571 g/mol. The van der Waals surface area contributed by atoms with Gasteiger partial charge >= 0.3 is 0 Å². The number of likely N-dealkylation sites (tertiary alicyclic amines) is 1. The van der Waals surface area contributed by atoms with Crippen molar-refractivity contribution < 1.29 is 28.9 Å². The Balaban J connectivity index is 1.54. The van der Waals surface area contributed by atoms with Gasteiger partial charge in [-0.25, -0.2) is 0 Å². The molecule has 2 heterocycles. The lowest BCUT2D eigenvalue weighted by Gasteiger charge is -2.26. The van der Waals surface area contributed by atoms with E-state index in [-0.39, 0.29) is 17.4 Å². The van der Waals surface area contributed by atoms with Crippen molar-refractivity contribution in [2.45, 2.75) is 45.4 Å². The van der Waals surface area contributed by atoms with Crippen molar-refractivity contribution in [3.63, 3.8) is 0 Å². The molecule has 5 rings (SSSR count). The summed E-state index contributed by atoms with van der Waals surface area (Å²) in [5.74, 6) is 0.316. The number of benzene rings is 3. The van der Waals surface area contributed by atoms with Gasteiger partial charge in [-0.1, -0.05) is 36.4 Å². The quantitative estimate of drug-likeness (QED) is 0.189. The molecule has 0 saturated carbocycles. The van der Waals surface area contributed by atoms with Crippen LogP contribution in [0.3, 0.4) is 0 Å². The van der Waals surface area contributed by atoms with Crippen molar-refractivity contribution in [1.29, 1.82) is 0 Å². The van der Waals surface area contributed by atoms with Crippen molar-refractivity contribution in [2.75, 3.05) is 33.8 Å². The van der Waals surface area contributed by atoms with Crippen LogP contribution in [0, 0.1) is 0 Å². The summed E-state index contributed by atoms with van der Waals surface area (Å²) >= 11 is 0. The fourth-order valence-corrected chi connectivity index (χ4v) is 5.56. The molecule has 3 aromatic rings. The van der Waals surface area contributed by atoms with E-state index in [2.05, 4.69) is 0 Å². The van der Waals surface area contributed by atoms with Crippen LogP contribution in [0.25, 0.3) is 5.76 Å². The molecule has 2 aliphatic heterocycles. The minimum atomic E-state index is -0.780. The molecule has 8 heteroatoms. The summed E-state index contributed by atoms with van der Waals surface area (Å²) in [5, 5.41) is 11.6. The van der Waals surface area contributed by atoms with E-state index in [4.69, 9.17) is 14.2 Å². The second-order valence-corrected chi connectivity index (χ2v) is 11.0. The zero-order chi connectivity index (χ0) is 29.8. The highest BCUT2D eigenvalue weighted by molar-refractivity contribution is 6.46. The first-order chi connectivity index (χ1) is 20.3. The van der Waals surface area contributed by atoms with E-state index >= 15 is 0 Å². The Bertz CT molecular complexity index is 1480.